The fourth-order valence-electron chi connectivity index (χ4n) is 3.75. The van der Waals surface area contributed by atoms with Gasteiger partial charge in [0.25, 0.3) is 0 Å². The molecule has 1 aromatic heterocycles. The van der Waals surface area contributed by atoms with Gasteiger partial charge in [0.15, 0.2) is 0 Å². The van der Waals surface area contributed by atoms with Crippen molar-refractivity contribution in [3.05, 3.63) is 21.4 Å². The van der Waals surface area contributed by atoms with Gasteiger partial charge in [-0.2, -0.15) is 0 Å². The van der Waals surface area contributed by atoms with E-state index in [2.05, 4.69) is 29.7 Å². The van der Waals surface area contributed by atoms with E-state index in [4.69, 9.17) is 5.73 Å². The maximum Gasteiger partial charge on any atom is 0.0482 e. The third-order valence-corrected chi connectivity index (χ3v) is 5.70. The average molecular weight is 279 g/mol. The predicted molar refractivity (Wildman–Crippen MR) is 81.8 cm³/mol. The smallest absolute Gasteiger partial charge is 0.0482 e. The summed E-state index contributed by atoms with van der Waals surface area (Å²) in [6.07, 6.45) is 2.75. The standard InChI is InChI=1S/C15H25N3S/c1-11-8-14(12(2)19-11)15(9-16)18-7-6-17-5-3-4-13(17)10-18/h8,13,15H,3-7,9-10,16H2,1-2H3. The third-order valence-electron chi connectivity index (χ3n) is 4.72. The van der Waals surface area contributed by atoms with E-state index in [1.165, 1.54) is 54.3 Å². The van der Waals surface area contributed by atoms with Crippen molar-refractivity contribution in [3.8, 4) is 0 Å². The molecule has 0 spiro atoms. The quantitative estimate of drug-likeness (QED) is 0.920. The lowest BCUT2D eigenvalue weighted by Crippen LogP contribution is -2.52. The van der Waals surface area contributed by atoms with Crippen LogP contribution in [0, 0.1) is 13.8 Å². The summed E-state index contributed by atoms with van der Waals surface area (Å²) in [7, 11) is 0. The summed E-state index contributed by atoms with van der Waals surface area (Å²) in [5.74, 6) is 0. The molecule has 3 rings (SSSR count). The highest BCUT2D eigenvalue weighted by Gasteiger charge is 2.34. The van der Waals surface area contributed by atoms with Crippen molar-refractivity contribution in [3.63, 3.8) is 0 Å². The van der Waals surface area contributed by atoms with Crippen molar-refractivity contribution in [1.82, 2.24) is 9.80 Å². The molecule has 4 heteroatoms. The van der Waals surface area contributed by atoms with E-state index >= 15 is 0 Å². The van der Waals surface area contributed by atoms with Gasteiger partial charge in [-0.3, -0.25) is 9.80 Å². The van der Waals surface area contributed by atoms with Gasteiger partial charge in [-0.1, -0.05) is 0 Å². The average Bonchev–Trinajstić information content (AvgIpc) is 2.97. The van der Waals surface area contributed by atoms with Gasteiger partial charge < -0.3 is 5.73 Å². The molecule has 1 aromatic rings. The Bertz CT molecular complexity index is 443. The fraction of sp³-hybridized carbons (Fsp3) is 0.733. The van der Waals surface area contributed by atoms with Gasteiger partial charge in [0.1, 0.15) is 0 Å². The molecular formula is C15H25N3S. The summed E-state index contributed by atoms with van der Waals surface area (Å²) in [5.41, 5.74) is 7.57. The van der Waals surface area contributed by atoms with Gasteiger partial charge in [-0.25, -0.2) is 0 Å². The number of hydrogen-bond acceptors (Lipinski definition) is 4. The summed E-state index contributed by atoms with van der Waals surface area (Å²) in [4.78, 5) is 8.14. The molecule has 0 radical (unpaired) electrons. The van der Waals surface area contributed by atoms with Crippen LogP contribution in [0.2, 0.25) is 0 Å². The summed E-state index contributed by atoms with van der Waals surface area (Å²) in [6.45, 7) is 10.1. The summed E-state index contributed by atoms with van der Waals surface area (Å²) >= 11 is 1.90. The van der Waals surface area contributed by atoms with Gasteiger partial charge >= 0.3 is 0 Å². The first-order valence-electron chi connectivity index (χ1n) is 7.44. The predicted octanol–water partition coefficient (Wildman–Crippen LogP) is 2.14. The van der Waals surface area contributed by atoms with E-state index in [0.717, 1.165) is 12.6 Å². The number of thiophene rings is 1. The Balaban J connectivity index is 1.77. The van der Waals surface area contributed by atoms with Crippen LogP contribution < -0.4 is 5.73 Å². The maximum atomic E-state index is 6.10. The SMILES string of the molecule is Cc1cc(C(CN)N2CCN3CCCC3C2)c(C)s1. The van der Waals surface area contributed by atoms with E-state index in [9.17, 15) is 0 Å². The number of hydrogen-bond donors (Lipinski definition) is 1. The van der Waals surface area contributed by atoms with Crippen LogP contribution in [0.5, 0.6) is 0 Å². The molecule has 0 aromatic carbocycles. The van der Waals surface area contributed by atoms with Crippen molar-refractivity contribution < 1.29 is 0 Å². The molecule has 0 aliphatic carbocycles. The Hall–Kier alpha value is -0.420. The summed E-state index contributed by atoms with van der Waals surface area (Å²) in [6, 6.07) is 3.55. The topological polar surface area (TPSA) is 32.5 Å². The van der Waals surface area contributed by atoms with Crippen LogP contribution in [0.3, 0.4) is 0 Å². The van der Waals surface area contributed by atoms with E-state index in [1.807, 2.05) is 11.3 Å². The molecule has 0 amide bonds. The van der Waals surface area contributed by atoms with Crippen molar-refractivity contribution in [1.29, 1.82) is 0 Å². The highest BCUT2D eigenvalue weighted by molar-refractivity contribution is 7.12. The van der Waals surface area contributed by atoms with Crippen molar-refractivity contribution >= 4 is 11.3 Å². The molecule has 2 atom stereocenters. The van der Waals surface area contributed by atoms with E-state index < -0.39 is 0 Å². The highest BCUT2D eigenvalue weighted by atomic mass is 32.1. The zero-order chi connectivity index (χ0) is 13.4. The molecule has 2 N–H and O–H groups in total. The Morgan fingerprint density at radius 2 is 2.21 bits per heavy atom. The lowest BCUT2D eigenvalue weighted by atomic mass is 10.0. The number of piperazine rings is 1. The summed E-state index contributed by atoms with van der Waals surface area (Å²) < 4.78 is 0. The van der Waals surface area contributed by atoms with Gasteiger partial charge in [0.05, 0.1) is 0 Å². The molecule has 3 nitrogen and oxygen atoms in total. The van der Waals surface area contributed by atoms with Crippen LogP contribution in [-0.2, 0) is 0 Å². The minimum absolute atomic E-state index is 0.424. The third kappa shape index (κ3) is 2.59. The fourth-order valence-corrected chi connectivity index (χ4v) is 4.73. The maximum absolute atomic E-state index is 6.10. The van der Waals surface area contributed by atoms with E-state index in [1.54, 1.807) is 0 Å². The van der Waals surface area contributed by atoms with Crippen molar-refractivity contribution in [2.75, 3.05) is 32.7 Å². The second-order valence-electron chi connectivity index (χ2n) is 5.95. The van der Waals surface area contributed by atoms with Crippen LogP contribution in [0.4, 0.5) is 0 Å². The largest absolute Gasteiger partial charge is 0.329 e. The van der Waals surface area contributed by atoms with Crippen LogP contribution >= 0.6 is 11.3 Å². The molecule has 2 saturated heterocycles. The van der Waals surface area contributed by atoms with E-state index in [0.29, 0.717) is 6.04 Å². The lowest BCUT2D eigenvalue weighted by molar-refractivity contribution is 0.0736. The Labute approximate surface area is 120 Å². The second kappa shape index (κ2) is 5.52. The molecule has 0 saturated carbocycles. The molecule has 2 fully saturated rings. The highest BCUT2D eigenvalue weighted by Crippen LogP contribution is 2.32. The molecule has 2 aliphatic rings. The van der Waals surface area contributed by atoms with Crippen molar-refractivity contribution in [2.45, 2.75) is 38.8 Å². The second-order valence-corrected chi connectivity index (χ2v) is 7.41. The van der Waals surface area contributed by atoms with Crippen LogP contribution in [-0.4, -0.2) is 48.6 Å². The minimum Gasteiger partial charge on any atom is -0.329 e. The van der Waals surface area contributed by atoms with Crippen LogP contribution in [0.15, 0.2) is 6.07 Å². The molecule has 2 aliphatic heterocycles. The Morgan fingerprint density at radius 3 is 2.89 bits per heavy atom. The Kier molecular flexibility index (Phi) is 3.94. The van der Waals surface area contributed by atoms with Gasteiger partial charge in [0, 0.05) is 48.0 Å². The minimum atomic E-state index is 0.424. The zero-order valence-corrected chi connectivity index (χ0v) is 12.9. The van der Waals surface area contributed by atoms with Crippen LogP contribution in [0.1, 0.15) is 34.2 Å². The number of aryl methyl sites for hydroxylation is 2. The van der Waals surface area contributed by atoms with Gasteiger partial charge in [0.2, 0.25) is 0 Å². The Morgan fingerprint density at radius 1 is 1.37 bits per heavy atom. The zero-order valence-electron chi connectivity index (χ0n) is 12.1. The number of nitrogens with two attached hydrogens (primary N) is 1. The summed E-state index contributed by atoms with van der Waals surface area (Å²) in [5, 5.41) is 0. The van der Waals surface area contributed by atoms with Crippen LogP contribution in [0.25, 0.3) is 0 Å². The normalized spacial score (nSPS) is 26.6. The molecule has 106 valence electrons. The first-order chi connectivity index (χ1) is 9.19. The van der Waals surface area contributed by atoms with Crippen molar-refractivity contribution in [2.24, 2.45) is 5.73 Å². The number of fused-ring (bicyclic) bond motifs is 1. The molecule has 2 unspecified atom stereocenters. The monoisotopic (exact) mass is 279 g/mol. The molecule has 19 heavy (non-hydrogen) atoms. The first kappa shape index (κ1) is 13.6. The van der Waals surface area contributed by atoms with Gasteiger partial charge in [-0.05, 0) is 44.9 Å². The molecule has 3 heterocycles. The first-order valence-corrected chi connectivity index (χ1v) is 8.26. The molecule has 0 bridgehead atoms. The molecular weight excluding hydrogens is 254 g/mol. The lowest BCUT2D eigenvalue weighted by Gasteiger charge is -2.41. The van der Waals surface area contributed by atoms with E-state index in [-0.39, 0.29) is 0 Å². The number of nitrogens with zero attached hydrogens (tertiary/aromatic N) is 2. The van der Waals surface area contributed by atoms with Gasteiger partial charge in [-0.15, -0.1) is 11.3 Å². The number of rotatable bonds is 3.